The van der Waals surface area contributed by atoms with E-state index in [4.69, 9.17) is 0 Å². The molecule has 5 nitrogen and oxygen atoms in total. The van der Waals surface area contributed by atoms with Crippen LogP contribution in [-0.4, -0.2) is 41.0 Å². The molecule has 1 aliphatic carbocycles. The summed E-state index contributed by atoms with van der Waals surface area (Å²) in [6.07, 6.45) is 2.08. The number of nitrogens with zero attached hydrogens (tertiary/aromatic N) is 1. The molecule has 2 fully saturated rings. The van der Waals surface area contributed by atoms with E-state index in [0.29, 0.717) is 30.3 Å². The first-order valence-electron chi connectivity index (χ1n) is 7.93. The molecule has 3 unspecified atom stereocenters. The number of likely N-dealkylation sites (tertiary alicyclic amines) is 1. The molecule has 1 saturated carbocycles. The number of aliphatic hydroxyl groups excluding tert-OH is 1. The normalized spacial score (nSPS) is 27.4. The Balaban J connectivity index is 1.67. The molecule has 0 bridgehead atoms. The molecular formula is C17H22N2O3. The summed E-state index contributed by atoms with van der Waals surface area (Å²) >= 11 is 0. The second-order valence-electron chi connectivity index (χ2n) is 6.44. The van der Waals surface area contributed by atoms with E-state index in [9.17, 15) is 14.7 Å². The maximum atomic E-state index is 12.5. The first kappa shape index (κ1) is 15.0. The van der Waals surface area contributed by atoms with Gasteiger partial charge in [0.05, 0.1) is 6.10 Å². The molecule has 22 heavy (non-hydrogen) atoms. The molecule has 0 radical (unpaired) electrons. The van der Waals surface area contributed by atoms with Crippen LogP contribution in [0.1, 0.15) is 36.5 Å². The number of carbonyl (C=O) groups excluding carboxylic acids is 2. The zero-order valence-electron chi connectivity index (χ0n) is 12.8. The summed E-state index contributed by atoms with van der Waals surface area (Å²) in [5, 5.41) is 12.6. The highest BCUT2D eigenvalue weighted by Gasteiger charge is 2.39. The van der Waals surface area contributed by atoms with Crippen molar-refractivity contribution in [3.63, 3.8) is 0 Å². The average Bonchev–Trinajstić information content (AvgIpc) is 3.24. The first-order valence-corrected chi connectivity index (χ1v) is 7.93. The highest BCUT2D eigenvalue weighted by molar-refractivity contribution is 5.98. The summed E-state index contributed by atoms with van der Waals surface area (Å²) in [5.74, 6) is 0.511. The molecule has 2 amide bonds. The Hall–Kier alpha value is -1.88. The van der Waals surface area contributed by atoms with Gasteiger partial charge in [0, 0.05) is 30.3 Å². The minimum Gasteiger partial charge on any atom is -0.391 e. The van der Waals surface area contributed by atoms with E-state index in [1.807, 2.05) is 0 Å². The standard InChI is InChI=1S/C17H22N2O3/c1-11-8-15(11)16(21)18-13-5-2-4-12(9-13)17(22)19-7-3-6-14(20)10-19/h2,4-5,9,11,14-15,20H,3,6-8,10H2,1H3,(H,18,21). The lowest BCUT2D eigenvalue weighted by molar-refractivity contribution is -0.117. The molecule has 1 aromatic rings. The number of benzene rings is 1. The van der Waals surface area contributed by atoms with Crippen molar-refractivity contribution in [3.8, 4) is 0 Å². The van der Waals surface area contributed by atoms with Crippen molar-refractivity contribution in [1.29, 1.82) is 0 Å². The number of carbonyl (C=O) groups is 2. The Morgan fingerprint density at radius 2 is 2.14 bits per heavy atom. The average molecular weight is 302 g/mol. The fourth-order valence-electron chi connectivity index (χ4n) is 2.97. The van der Waals surface area contributed by atoms with Crippen LogP contribution in [0.3, 0.4) is 0 Å². The van der Waals surface area contributed by atoms with Gasteiger partial charge in [0.2, 0.25) is 5.91 Å². The van der Waals surface area contributed by atoms with Crippen LogP contribution in [0.5, 0.6) is 0 Å². The minimum atomic E-state index is -0.433. The third-order valence-electron chi connectivity index (χ3n) is 4.51. The maximum Gasteiger partial charge on any atom is 0.254 e. The number of hydrogen-bond donors (Lipinski definition) is 2. The molecule has 1 aromatic carbocycles. The van der Waals surface area contributed by atoms with E-state index >= 15 is 0 Å². The van der Waals surface area contributed by atoms with Crippen LogP contribution in [0.4, 0.5) is 5.69 Å². The number of piperidine rings is 1. The minimum absolute atomic E-state index is 0.0329. The second kappa shape index (κ2) is 6.08. The van der Waals surface area contributed by atoms with Gasteiger partial charge in [-0.15, -0.1) is 0 Å². The molecule has 1 heterocycles. The Kier molecular flexibility index (Phi) is 4.16. The Bertz CT molecular complexity index is 587. The number of nitrogens with one attached hydrogen (secondary N) is 1. The summed E-state index contributed by atoms with van der Waals surface area (Å²) in [7, 11) is 0. The lowest BCUT2D eigenvalue weighted by Crippen LogP contribution is -2.42. The first-order chi connectivity index (χ1) is 10.5. The molecule has 2 N–H and O–H groups in total. The van der Waals surface area contributed by atoms with Crippen molar-refractivity contribution in [3.05, 3.63) is 29.8 Å². The summed E-state index contributed by atoms with van der Waals surface area (Å²) in [4.78, 5) is 26.1. The lowest BCUT2D eigenvalue weighted by Gasteiger charge is -2.30. The highest BCUT2D eigenvalue weighted by atomic mass is 16.3. The largest absolute Gasteiger partial charge is 0.391 e. The summed E-state index contributed by atoms with van der Waals surface area (Å²) in [5.41, 5.74) is 1.21. The van der Waals surface area contributed by atoms with Crippen LogP contribution >= 0.6 is 0 Å². The molecule has 1 saturated heterocycles. The van der Waals surface area contributed by atoms with E-state index in [1.54, 1.807) is 29.2 Å². The van der Waals surface area contributed by atoms with Crippen molar-refractivity contribution in [1.82, 2.24) is 4.90 Å². The number of anilines is 1. The van der Waals surface area contributed by atoms with Crippen LogP contribution in [0.25, 0.3) is 0 Å². The van der Waals surface area contributed by atoms with Gasteiger partial charge >= 0.3 is 0 Å². The second-order valence-corrected chi connectivity index (χ2v) is 6.44. The fraction of sp³-hybridized carbons (Fsp3) is 0.529. The molecule has 2 aliphatic rings. The number of amides is 2. The van der Waals surface area contributed by atoms with E-state index < -0.39 is 6.10 Å². The fourth-order valence-corrected chi connectivity index (χ4v) is 2.97. The maximum absolute atomic E-state index is 12.5. The van der Waals surface area contributed by atoms with Crippen molar-refractivity contribution in [2.24, 2.45) is 11.8 Å². The van der Waals surface area contributed by atoms with E-state index in [2.05, 4.69) is 12.2 Å². The van der Waals surface area contributed by atoms with Gasteiger partial charge in [-0.05, 0) is 43.4 Å². The predicted molar refractivity (Wildman–Crippen MR) is 83.5 cm³/mol. The number of hydrogen-bond acceptors (Lipinski definition) is 3. The van der Waals surface area contributed by atoms with Gasteiger partial charge in [-0.2, -0.15) is 0 Å². The highest BCUT2D eigenvalue weighted by Crippen LogP contribution is 2.38. The summed E-state index contributed by atoms with van der Waals surface area (Å²) < 4.78 is 0. The van der Waals surface area contributed by atoms with Crippen molar-refractivity contribution >= 4 is 17.5 Å². The van der Waals surface area contributed by atoms with Crippen molar-refractivity contribution in [2.45, 2.75) is 32.3 Å². The van der Waals surface area contributed by atoms with Crippen molar-refractivity contribution < 1.29 is 14.7 Å². The zero-order chi connectivity index (χ0) is 15.7. The smallest absolute Gasteiger partial charge is 0.254 e. The molecular weight excluding hydrogens is 280 g/mol. The Morgan fingerprint density at radius 3 is 2.82 bits per heavy atom. The van der Waals surface area contributed by atoms with Crippen LogP contribution in [0, 0.1) is 11.8 Å². The van der Waals surface area contributed by atoms with E-state index in [1.165, 1.54) is 0 Å². The molecule has 118 valence electrons. The third kappa shape index (κ3) is 3.30. The van der Waals surface area contributed by atoms with Crippen molar-refractivity contribution in [2.75, 3.05) is 18.4 Å². The quantitative estimate of drug-likeness (QED) is 0.895. The molecule has 0 spiro atoms. The molecule has 1 aliphatic heterocycles. The van der Waals surface area contributed by atoms with Gasteiger partial charge in [-0.25, -0.2) is 0 Å². The predicted octanol–water partition coefficient (Wildman–Crippen LogP) is 1.88. The van der Waals surface area contributed by atoms with Gasteiger partial charge in [-0.1, -0.05) is 13.0 Å². The summed E-state index contributed by atoms with van der Waals surface area (Å²) in [6.45, 7) is 3.12. The van der Waals surface area contributed by atoms with Gasteiger partial charge in [-0.3, -0.25) is 9.59 Å². The van der Waals surface area contributed by atoms with E-state index in [0.717, 1.165) is 19.3 Å². The monoisotopic (exact) mass is 302 g/mol. The number of β-amino-alcohol motifs (C(OH)–C–C–N with tert-alkyl or cyclic N) is 1. The summed E-state index contributed by atoms with van der Waals surface area (Å²) in [6, 6.07) is 7.04. The van der Waals surface area contributed by atoms with Gasteiger partial charge in [0.1, 0.15) is 0 Å². The molecule has 3 atom stereocenters. The molecule has 3 rings (SSSR count). The van der Waals surface area contributed by atoms with E-state index in [-0.39, 0.29) is 17.7 Å². The topological polar surface area (TPSA) is 69.6 Å². The molecule has 5 heteroatoms. The Morgan fingerprint density at radius 1 is 1.36 bits per heavy atom. The zero-order valence-corrected chi connectivity index (χ0v) is 12.8. The molecule has 0 aromatic heterocycles. The van der Waals surface area contributed by atoms with Gasteiger partial charge in [0.25, 0.3) is 5.91 Å². The number of rotatable bonds is 3. The van der Waals surface area contributed by atoms with Crippen LogP contribution in [-0.2, 0) is 4.79 Å². The van der Waals surface area contributed by atoms with Crippen LogP contribution in [0.15, 0.2) is 24.3 Å². The SMILES string of the molecule is CC1CC1C(=O)Nc1cccc(C(=O)N2CCCC(O)C2)c1. The number of aliphatic hydroxyl groups is 1. The lowest BCUT2D eigenvalue weighted by atomic mass is 10.1. The van der Waals surface area contributed by atoms with Gasteiger partial charge < -0.3 is 15.3 Å². The van der Waals surface area contributed by atoms with Gasteiger partial charge in [0.15, 0.2) is 0 Å². The Labute approximate surface area is 130 Å². The van der Waals surface area contributed by atoms with Crippen LogP contribution in [0.2, 0.25) is 0 Å². The third-order valence-corrected chi connectivity index (χ3v) is 4.51. The van der Waals surface area contributed by atoms with Crippen LogP contribution < -0.4 is 5.32 Å².